The van der Waals surface area contributed by atoms with Crippen LogP contribution in [0.2, 0.25) is 0 Å². The third kappa shape index (κ3) is 3.91. The van der Waals surface area contributed by atoms with E-state index in [2.05, 4.69) is 24.4 Å². The van der Waals surface area contributed by atoms with E-state index in [4.69, 9.17) is 9.47 Å². The van der Waals surface area contributed by atoms with Gasteiger partial charge in [0.05, 0.1) is 13.2 Å². The molecule has 1 aromatic carbocycles. The van der Waals surface area contributed by atoms with Crippen LogP contribution >= 0.6 is 0 Å². The molecule has 0 amide bonds. The van der Waals surface area contributed by atoms with Gasteiger partial charge in [-0.3, -0.25) is 0 Å². The first-order chi connectivity index (χ1) is 10.3. The maximum atomic E-state index is 5.77. The van der Waals surface area contributed by atoms with E-state index in [1.165, 1.54) is 37.7 Å². The number of fused-ring (bicyclic) bond motifs is 1. The minimum absolute atomic E-state index is 0.364. The van der Waals surface area contributed by atoms with E-state index in [1.807, 2.05) is 6.07 Å². The molecule has 1 aliphatic carbocycles. The second-order valence-corrected chi connectivity index (χ2v) is 6.37. The first kappa shape index (κ1) is 14.7. The molecule has 1 unspecified atom stereocenters. The van der Waals surface area contributed by atoms with E-state index in [-0.39, 0.29) is 0 Å². The van der Waals surface area contributed by atoms with Gasteiger partial charge in [0.1, 0.15) is 0 Å². The van der Waals surface area contributed by atoms with Crippen LogP contribution in [-0.4, -0.2) is 19.8 Å². The molecule has 0 radical (unpaired) electrons. The van der Waals surface area contributed by atoms with Crippen LogP contribution in [-0.2, 0) is 0 Å². The molecule has 1 N–H and O–H groups in total. The van der Waals surface area contributed by atoms with Crippen molar-refractivity contribution < 1.29 is 9.47 Å². The topological polar surface area (TPSA) is 30.5 Å². The van der Waals surface area contributed by atoms with E-state index in [1.54, 1.807) is 0 Å². The van der Waals surface area contributed by atoms with E-state index < -0.39 is 0 Å². The quantitative estimate of drug-likeness (QED) is 0.886. The largest absolute Gasteiger partial charge is 0.490 e. The monoisotopic (exact) mass is 289 g/mol. The minimum atomic E-state index is 0.364. The summed E-state index contributed by atoms with van der Waals surface area (Å²) in [5.41, 5.74) is 1.28. The van der Waals surface area contributed by atoms with Crippen LogP contribution in [0.1, 0.15) is 57.1 Å². The smallest absolute Gasteiger partial charge is 0.161 e. The van der Waals surface area contributed by atoms with Gasteiger partial charge in [-0.1, -0.05) is 31.7 Å². The van der Waals surface area contributed by atoms with Crippen LogP contribution in [0.15, 0.2) is 18.2 Å². The fraction of sp³-hybridized carbons (Fsp3) is 0.667. The third-order valence-corrected chi connectivity index (χ3v) is 4.75. The molecular formula is C18H27NO2. The first-order valence-corrected chi connectivity index (χ1v) is 8.46. The summed E-state index contributed by atoms with van der Waals surface area (Å²) < 4.78 is 11.5. The lowest BCUT2D eigenvalue weighted by atomic mass is 10.0. The molecule has 3 rings (SSSR count). The van der Waals surface area contributed by atoms with Gasteiger partial charge in [-0.25, -0.2) is 0 Å². The fourth-order valence-electron chi connectivity index (χ4n) is 3.37. The summed E-state index contributed by atoms with van der Waals surface area (Å²) in [5, 5.41) is 3.65. The molecule has 1 aromatic rings. The van der Waals surface area contributed by atoms with Crippen molar-refractivity contribution in [1.82, 2.24) is 5.32 Å². The van der Waals surface area contributed by atoms with Crippen molar-refractivity contribution in [3.63, 3.8) is 0 Å². The molecular weight excluding hydrogens is 262 g/mol. The molecule has 1 saturated carbocycles. The lowest BCUT2D eigenvalue weighted by molar-refractivity contribution is 0.297. The Bertz CT molecular complexity index is 455. The molecule has 3 heteroatoms. The molecule has 1 aliphatic heterocycles. The minimum Gasteiger partial charge on any atom is -0.490 e. The number of nitrogens with one attached hydrogen (secondary N) is 1. The van der Waals surface area contributed by atoms with Gasteiger partial charge in [0, 0.05) is 12.5 Å². The lowest BCUT2D eigenvalue weighted by Crippen LogP contribution is -2.21. The molecule has 21 heavy (non-hydrogen) atoms. The van der Waals surface area contributed by atoms with Crippen molar-refractivity contribution in [3.05, 3.63) is 23.8 Å². The Hall–Kier alpha value is -1.22. The predicted molar refractivity (Wildman–Crippen MR) is 85.0 cm³/mol. The van der Waals surface area contributed by atoms with Gasteiger partial charge in [0.25, 0.3) is 0 Å². The zero-order valence-corrected chi connectivity index (χ0v) is 13.1. The van der Waals surface area contributed by atoms with Crippen molar-refractivity contribution in [2.75, 3.05) is 19.8 Å². The highest BCUT2D eigenvalue weighted by atomic mass is 16.5. The fourth-order valence-corrected chi connectivity index (χ4v) is 3.37. The Morgan fingerprint density at radius 1 is 1.10 bits per heavy atom. The highest BCUT2D eigenvalue weighted by molar-refractivity contribution is 5.44. The molecule has 0 aromatic heterocycles. The van der Waals surface area contributed by atoms with Crippen molar-refractivity contribution >= 4 is 0 Å². The summed E-state index contributed by atoms with van der Waals surface area (Å²) in [6.07, 6.45) is 8.00. The highest BCUT2D eigenvalue weighted by Gasteiger charge is 2.16. The van der Waals surface area contributed by atoms with Crippen molar-refractivity contribution in [3.8, 4) is 11.5 Å². The maximum absolute atomic E-state index is 5.77. The Kier molecular flexibility index (Phi) is 5.02. The Balaban J connectivity index is 1.54. The van der Waals surface area contributed by atoms with E-state index in [0.29, 0.717) is 6.04 Å². The predicted octanol–water partition coefficient (Wildman–Crippen LogP) is 4.08. The molecule has 3 nitrogen and oxygen atoms in total. The van der Waals surface area contributed by atoms with Gasteiger partial charge in [0.15, 0.2) is 11.5 Å². The van der Waals surface area contributed by atoms with Crippen LogP contribution in [0.5, 0.6) is 11.5 Å². The summed E-state index contributed by atoms with van der Waals surface area (Å²) in [4.78, 5) is 0. The second-order valence-electron chi connectivity index (χ2n) is 6.37. The standard InChI is InChI=1S/C18H27NO2/c1-14(19-10-9-15-5-2-3-6-15)16-7-8-17-18(13-16)21-12-4-11-20-17/h7-8,13-15,19H,2-6,9-12H2,1H3. The second kappa shape index (κ2) is 7.17. The van der Waals surface area contributed by atoms with Gasteiger partial charge >= 0.3 is 0 Å². The SMILES string of the molecule is CC(NCCC1CCCC1)c1ccc2c(c1)OCCCO2. The Morgan fingerprint density at radius 2 is 1.86 bits per heavy atom. The van der Waals surface area contributed by atoms with Gasteiger partial charge in [-0.05, 0) is 43.5 Å². The molecule has 0 saturated heterocycles. The van der Waals surface area contributed by atoms with Gasteiger partial charge in [-0.2, -0.15) is 0 Å². The van der Waals surface area contributed by atoms with Gasteiger partial charge in [-0.15, -0.1) is 0 Å². The number of benzene rings is 1. The zero-order chi connectivity index (χ0) is 14.5. The normalized spacial score (nSPS) is 20.2. The molecule has 1 fully saturated rings. The summed E-state index contributed by atoms with van der Waals surface area (Å²) >= 11 is 0. The molecule has 2 aliphatic rings. The molecule has 0 spiro atoms. The molecule has 116 valence electrons. The zero-order valence-electron chi connectivity index (χ0n) is 13.1. The van der Waals surface area contributed by atoms with Crippen LogP contribution < -0.4 is 14.8 Å². The number of rotatable bonds is 5. The van der Waals surface area contributed by atoms with Crippen LogP contribution in [0.4, 0.5) is 0 Å². The summed E-state index contributed by atoms with van der Waals surface area (Å²) in [5.74, 6) is 2.73. The maximum Gasteiger partial charge on any atom is 0.161 e. The van der Waals surface area contributed by atoms with Crippen molar-refractivity contribution in [1.29, 1.82) is 0 Å². The van der Waals surface area contributed by atoms with Crippen LogP contribution in [0.3, 0.4) is 0 Å². The average Bonchev–Trinajstić information content (AvgIpc) is 2.90. The summed E-state index contributed by atoms with van der Waals surface area (Å²) in [7, 11) is 0. The Labute approximate surface area is 128 Å². The summed E-state index contributed by atoms with van der Waals surface area (Å²) in [6.45, 7) is 4.84. The van der Waals surface area contributed by atoms with Crippen LogP contribution in [0, 0.1) is 5.92 Å². The van der Waals surface area contributed by atoms with E-state index >= 15 is 0 Å². The number of hydrogen-bond acceptors (Lipinski definition) is 3. The van der Waals surface area contributed by atoms with Crippen molar-refractivity contribution in [2.24, 2.45) is 5.92 Å². The highest BCUT2D eigenvalue weighted by Crippen LogP contribution is 2.32. The first-order valence-electron chi connectivity index (χ1n) is 8.46. The van der Waals surface area contributed by atoms with Crippen LogP contribution in [0.25, 0.3) is 0 Å². The van der Waals surface area contributed by atoms with Crippen molar-refractivity contribution in [2.45, 2.75) is 51.5 Å². The number of ether oxygens (including phenoxy) is 2. The lowest BCUT2D eigenvalue weighted by Gasteiger charge is -2.17. The van der Waals surface area contributed by atoms with Gasteiger partial charge < -0.3 is 14.8 Å². The Morgan fingerprint density at radius 3 is 2.67 bits per heavy atom. The summed E-state index contributed by atoms with van der Waals surface area (Å²) in [6, 6.07) is 6.70. The van der Waals surface area contributed by atoms with E-state index in [9.17, 15) is 0 Å². The number of hydrogen-bond donors (Lipinski definition) is 1. The average molecular weight is 289 g/mol. The molecule has 1 atom stereocenters. The van der Waals surface area contributed by atoms with Gasteiger partial charge in [0.2, 0.25) is 0 Å². The van der Waals surface area contributed by atoms with E-state index in [0.717, 1.165) is 43.6 Å². The third-order valence-electron chi connectivity index (χ3n) is 4.75. The molecule has 0 bridgehead atoms. The molecule has 1 heterocycles.